The highest BCUT2D eigenvalue weighted by atomic mass is 16.1. The van der Waals surface area contributed by atoms with Crippen molar-refractivity contribution in [3.63, 3.8) is 0 Å². The molecule has 0 spiro atoms. The molecule has 1 unspecified atom stereocenters. The normalized spacial score (nSPS) is 27.2. The summed E-state index contributed by atoms with van der Waals surface area (Å²) >= 11 is 0. The van der Waals surface area contributed by atoms with Crippen LogP contribution in [0.4, 0.5) is 0 Å². The van der Waals surface area contributed by atoms with Gasteiger partial charge in [-0.2, -0.15) is 5.10 Å². The van der Waals surface area contributed by atoms with Crippen LogP contribution in [0.25, 0.3) is 0 Å². The monoisotopic (exact) mass is 136 g/mol. The van der Waals surface area contributed by atoms with E-state index in [1.165, 1.54) is 0 Å². The minimum Gasteiger partial charge on any atom is -0.323 e. The Kier molecular flexibility index (Phi) is 1.99. The van der Waals surface area contributed by atoms with Gasteiger partial charge < -0.3 is 10.6 Å². The molecule has 1 atom stereocenters. The van der Waals surface area contributed by atoms with Crippen LogP contribution >= 0.6 is 0 Å². The van der Waals surface area contributed by atoms with Gasteiger partial charge in [0.2, 0.25) is 0 Å². The Morgan fingerprint density at radius 3 is 2.90 bits per heavy atom. The van der Waals surface area contributed by atoms with E-state index in [0.717, 1.165) is 6.29 Å². The van der Waals surface area contributed by atoms with Gasteiger partial charge in [-0.1, -0.05) is 18.2 Å². The molecule has 0 bridgehead atoms. The molecule has 1 rings (SSSR count). The largest absolute Gasteiger partial charge is 0.323 e. The van der Waals surface area contributed by atoms with Crippen molar-refractivity contribution >= 4 is 12.0 Å². The molecule has 0 aromatic carbocycles. The summed E-state index contributed by atoms with van der Waals surface area (Å²) in [4.78, 5) is 10.3. The maximum Gasteiger partial charge on any atom is 0.132 e. The zero-order chi connectivity index (χ0) is 7.40. The third kappa shape index (κ3) is 1.13. The van der Waals surface area contributed by atoms with Crippen molar-refractivity contribution < 1.29 is 4.79 Å². The van der Waals surface area contributed by atoms with Gasteiger partial charge >= 0.3 is 0 Å². The molecule has 0 aromatic heterocycles. The van der Waals surface area contributed by atoms with Crippen LogP contribution in [0.1, 0.15) is 0 Å². The average Bonchev–Trinajstić information content (AvgIpc) is 2.04. The molecular weight excluding hydrogens is 128 g/mol. The van der Waals surface area contributed by atoms with Gasteiger partial charge in [-0.3, -0.25) is 0 Å². The van der Waals surface area contributed by atoms with Crippen LogP contribution < -0.4 is 5.84 Å². The molecule has 0 aromatic rings. The number of carbonyl (C=O) groups is 1. The highest BCUT2D eigenvalue weighted by molar-refractivity contribution is 6.07. The SMILES string of the molecule is NN=C1C=CC=CC1C=O. The Bertz CT molecular complexity index is 216. The van der Waals surface area contributed by atoms with Crippen LogP contribution in [0, 0.1) is 5.92 Å². The molecule has 52 valence electrons. The Balaban J connectivity index is 2.83. The van der Waals surface area contributed by atoms with E-state index in [4.69, 9.17) is 5.84 Å². The summed E-state index contributed by atoms with van der Waals surface area (Å²) in [5, 5.41) is 3.45. The fourth-order valence-electron chi connectivity index (χ4n) is 0.792. The summed E-state index contributed by atoms with van der Waals surface area (Å²) in [6.45, 7) is 0. The summed E-state index contributed by atoms with van der Waals surface area (Å²) in [6.07, 6.45) is 7.88. The lowest BCUT2D eigenvalue weighted by molar-refractivity contribution is -0.108. The van der Waals surface area contributed by atoms with Gasteiger partial charge in [-0.05, 0) is 6.08 Å². The summed E-state index contributed by atoms with van der Waals surface area (Å²) in [5.74, 6) is 4.76. The van der Waals surface area contributed by atoms with Crippen LogP contribution in [0.3, 0.4) is 0 Å². The predicted octanol–water partition coefficient (Wildman–Crippen LogP) is 0.242. The molecule has 10 heavy (non-hydrogen) atoms. The first-order valence-electron chi connectivity index (χ1n) is 2.96. The van der Waals surface area contributed by atoms with Crippen LogP contribution in [-0.4, -0.2) is 12.0 Å². The van der Waals surface area contributed by atoms with E-state index in [1.54, 1.807) is 24.3 Å². The minimum absolute atomic E-state index is 0.255. The van der Waals surface area contributed by atoms with Gasteiger partial charge in [0.25, 0.3) is 0 Å². The van der Waals surface area contributed by atoms with E-state index < -0.39 is 0 Å². The van der Waals surface area contributed by atoms with Crippen LogP contribution in [0.2, 0.25) is 0 Å². The quantitative estimate of drug-likeness (QED) is 0.319. The smallest absolute Gasteiger partial charge is 0.132 e. The highest BCUT2D eigenvalue weighted by Gasteiger charge is 2.10. The number of hydrogen-bond donors (Lipinski definition) is 1. The second kappa shape index (κ2) is 2.96. The lowest BCUT2D eigenvalue weighted by Gasteiger charge is -2.05. The van der Waals surface area contributed by atoms with Crippen molar-refractivity contribution in [2.24, 2.45) is 16.9 Å². The third-order valence-electron chi connectivity index (χ3n) is 1.33. The number of carbonyl (C=O) groups excluding carboxylic acids is 1. The van der Waals surface area contributed by atoms with Crippen molar-refractivity contribution in [1.82, 2.24) is 0 Å². The number of allylic oxidation sites excluding steroid dienone is 4. The van der Waals surface area contributed by atoms with Crippen LogP contribution in [0.15, 0.2) is 29.4 Å². The van der Waals surface area contributed by atoms with E-state index in [9.17, 15) is 4.79 Å². The van der Waals surface area contributed by atoms with Gasteiger partial charge in [0, 0.05) is 0 Å². The molecule has 3 nitrogen and oxygen atoms in total. The lowest BCUT2D eigenvalue weighted by Crippen LogP contribution is -2.14. The summed E-state index contributed by atoms with van der Waals surface area (Å²) in [5.41, 5.74) is 0.609. The molecule has 0 amide bonds. The molecule has 3 heteroatoms. The molecule has 0 fully saturated rings. The van der Waals surface area contributed by atoms with Crippen LogP contribution in [-0.2, 0) is 4.79 Å². The zero-order valence-corrected chi connectivity index (χ0v) is 5.40. The first kappa shape index (κ1) is 6.74. The summed E-state index contributed by atoms with van der Waals surface area (Å²) in [6, 6.07) is 0. The second-order valence-electron chi connectivity index (χ2n) is 1.96. The van der Waals surface area contributed by atoms with E-state index in [0.29, 0.717) is 5.71 Å². The van der Waals surface area contributed by atoms with Gasteiger partial charge in [0.15, 0.2) is 0 Å². The van der Waals surface area contributed by atoms with Gasteiger partial charge in [-0.25, -0.2) is 0 Å². The molecule has 0 saturated carbocycles. The fourth-order valence-corrected chi connectivity index (χ4v) is 0.792. The van der Waals surface area contributed by atoms with Gasteiger partial charge in [0.1, 0.15) is 6.29 Å². The predicted molar refractivity (Wildman–Crippen MR) is 39.5 cm³/mol. The average molecular weight is 136 g/mol. The summed E-state index contributed by atoms with van der Waals surface area (Å²) < 4.78 is 0. The number of hydrogen-bond acceptors (Lipinski definition) is 3. The topological polar surface area (TPSA) is 55.4 Å². The Morgan fingerprint density at radius 2 is 2.40 bits per heavy atom. The Labute approximate surface area is 58.9 Å². The first-order chi connectivity index (χ1) is 4.88. The third-order valence-corrected chi connectivity index (χ3v) is 1.33. The number of nitrogens with two attached hydrogens (primary N) is 1. The van der Waals surface area contributed by atoms with E-state index in [1.807, 2.05) is 0 Å². The number of rotatable bonds is 1. The van der Waals surface area contributed by atoms with Crippen LogP contribution in [0.5, 0.6) is 0 Å². The molecule has 1 aliphatic rings. The van der Waals surface area contributed by atoms with Crippen molar-refractivity contribution in [2.75, 3.05) is 0 Å². The number of hydrazone groups is 1. The molecule has 0 radical (unpaired) electrons. The highest BCUT2D eigenvalue weighted by Crippen LogP contribution is 2.05. The minimum atomic E-state index is -0.255. The van der Waals surface area contributed by atoms with Gasteiger partial charge in [-0.15, -0.1) is 0 Å². The Morgan fingerprint density at radius 1 is 1.60 bits per heavy atom. The maximum absolute atomic E-state index is 10.3. The fraction of sp³-hybridized carbons (Fsp3) is 0.143. The molecule has 0 saturated heterocycles. The number of aldehydes is 1. The van der Waals surface area contributed by atoms with E-state index in [2.05, 4.69) is 5.10 Å². The molecule has 0 heterocycles. The van der Waals surface area contributed by atoms with Crippen molar-refractivity contribution in [3.05, 3.63) is 24.3 Å². The van der Waals surface area contributed by atoms with E-state index in [-0.39, 0.29) is 5.92 Å². The van der Waals surface area contributed by atoms with Crippen molar-refractivity contribution in [1.29, 1.82) is 0 Å². The number of nitrogens with zero attached hydrogens (tertiary/aromatic N) is 1. The maximum atomic E-state index is 10.3. The standard InChI is InChI=1S/C7H8N2O/c8-9-7-4-2-1-3-6(7)5-10/h1-6H,8H2. The van der Waals surface area contributed by atoms with E-state index >= 15 is 0 Å². The lowest BCUT2D eigenvalue weighted by atomic mass is 10.0. The summed E-state index contributed by atoms with van der Waals surface area (Å²) in [7, 11) is 0. The van der Waals surface area contributed by atoms with Gasteiger partial charge in [0.05, 0.1) is 11.6 Å². The molecular formula is C7H8N2O. The Hall–Kier alpha value is -1.38. The second-order valence-corrected chi connectivity index (χ2v) is 1.96. The molecule has 1 aliphatic carbocycles. The van der Waals surface area contributed by atoms with Crippen molar-refractivity contribution in [3.8, 4) is 0 Å². The molecule has 2 N–H and O–H groups in total. The molecule has 0 aliphatic heterocycles. The zero-order valence-electron chi connectivity index (χ0n) is 5.40. The first-order valence-corrected chi connectivity index (χ1v) is 2.96. The van der Waals surface area contributed by atoms with Crippen molar-refractivity contribution in [2.45, 2.75) is 0 Å².